The highest BCUT2D eigenvalue weighted by molar-refractivity contribution is 7.91. The molecule has 0 saturated carbocycles. The number of sulfone groups is 1. The minimum Gasteiger partial charge on any atom is -0.481 e. The number of carbonyl (C=O) groups is 2. The second kappa shape index (κ2) is 6.21. The molecule has 0 radical (unpaired) electrons. The minimum absolute atomic E-state index is 0.0449. The molecule has 1 heterocycles. The van der Waals surface area contributed by atoms with Gasteiger partial charge in [-0.3, -0.25) is 4.79 Å². The van der Waals surface area contributed by atoms with Crippen molar-refractivity contribution in [2.45, 2.75) is 45.2 Å². The predicted octanol–water partition coefficient (Wildman–Crippen LogP) is 0.801. The highest BCUT2D eigenvalue weighted by atomic mass is 32.2. The average molecular weight is 320 g/mol. The van der Waals surface area contributed by atoms with Crippen LogP contribution in [0.4, 0.5) is 4.79 Å². The van der Waals surface area contributed by atoms with E-state index in [0.29, 0.717) is 0 Å². The van der Waals surface area contributed by atoms with Gasteiger partial charge >= 0.3 is 12.0 Å². The fourth-order valence-corrected chi connectivity index (χ4v) is 3.72. The number of nitrogens with zero attached hydrogens (tertiary/aromatic N) is 2. The van der Waals surface area contributed by atoms with Gasteiger partial charge in [0.15, 0.2) is 9.84 Å². The van der Waals surface area contributed by atoms with Gasteiger partial charge < -0.3 is 14.9 Å². The summed E-state index contributed by atoms with van der Waals surface area (Å²) in [6.07, 6.45) is 0.385. The first kappa shape index (κ1) is 17.7. The summed E-state index contributed by atoms with van der Waals surface area (Å²) in [6, 6.07) is -1.12. The van der Waals surface area contributed by atoms with Crippen molar-refractivity contribution in [2.75, 3.05) is 25.1 Å². The van der Waals surface area contributed by atoms with Gasteiger partial charge in [0.1, 0.15) is 0 Å². The third-order valence-corrected chi connectivity index (χ3v) is 5.94. The van der Waals surface area contributed by atoms with Crippen molar-refractivity contribution in [1.82, 2.24) is 9.80 Å². The summed E-state index contributed by atoms with van der Waals surface area (Å²) < 4.78 is 23.4. The van der Waals surface area contributed by atoms with Gasteiger partial charge in [-0.1, -0.05) is 6.92 Å². The molecule has 0 aromatic carbocycles. The topological polar surface area (TPSA) is 95.0 Å². The maximum Gasteiger partial charge on any atom is 0.320 e. The Bertz CT molecular complexity index is 515. The zero-order chi connectivity index (χ0) is 16.4. The van der Waals surface area contributed by atoms with E-state index < -0.39 is 21.8 Å². The largest absolute Gasteiger partial charge is 0.481 e. The Morgan fingerprint density at radius 2 is 1.95 bits per heavy atom. The molecule has 1 saturated heterocycles. The number of carbonyl (C=O) groups excluding carboxylic acids is 1. The molecule has 8 heteroatoms. The van der Waals surface area contributed by atoms with E-state index in [-0.39, 0.29) is 36.0 Å². The first-order valence-electron chi connectivity index (χ1n) is 6.97. The molecular formula is C13H24N2O5S. The van der Waals surface area contributed by atoms with Crippen molar-refractivity contribution in [3.05, 3.63) is 0 Å². The normalized spacial score (nSPS) is 21.9. The fourth-order valence-electron chi connectivity index (χ4n) is 2.20. The van der Waals surface area contributed by atoms with Crippen LogP contribution in [-0.4, -0.2) is 72.0 Å². The molecule has 122 valence electrons. The zero-order valence-corrected chi connectivity index (χ0v) is 13.8. The van der Waals surface area contributed by atoms with E-state index in [4.69, 9.17) is 5.11 Å². The van der Waals surface area contributed by atoms with E-state index in [0.717, 1.165) is 6.42 Å². The van der Waals surface area contributed by atoms with Crippen LogP contribution in [0.25, 0.3) is 0 Å². The average Bonchev–Trinajstić information content (AvgIpc) is 2.35. The van der Waals surface area contributed by atoms with Crippen molar-refractivity contribution in [3.8, 4) is 0 Å². The van der Waals surface area contributed by atoms with Crippen LogP contribution < -0.4 is 0 Å². The Balaban J connectivity index is 2.97. The third-order valence-electron chi connectivity index (χ3n) is 4.25. The first-order valence-corrected chi connectivity index (χ1v) is 8.79. The number of rotatable bonds is 4. The number of hydrogen-bond acceptors (Lipinski definition) is 4. The van der Waals surface area contributed by atoms with Crippen LogP contribution in [0.3, 0.4) is 0 Å². The van der Waals surface area contributed by atoms with Crippen molar-refractivity contribution < 1.29 is 23.1 Å². The Hall–Kier alpha value is -1.31. The van der Waals surface area contributed by atoms with Gasteiger partial charge in [-0.2, -0.15) is 0 Å². The van der Waals surface area contributed by atoms with E-state index in [2.05, 4.69) is 0 Å². The molecule has 1 rings (SSSR count). The van der Waals surface area contributed by atoms with Crippen molar-refractivity contribution in [1.29, 1.82) is 0 Å². The Kier molecular flexibility index (Phi) is 5.25. The quantitative estimate of drug-likeness (QED) is 0.826. The summed E-state index contributed by atoms with van der Waals surface area (Å²) in [5.41, 5.74) is -0.374. The number of carboxylic acid groups (broad SMARTS) is 1. The van der Waals surface area contributed by atoms with E-state index in [1.54, 1.807) is 11.9 Å². The van der Waals surface area contributed by atoms with E-state index in [1.807, 2.05) is 20.8 Å². The number of aliphatic carboxylic acids is 1. The van der Waals surface area contributed by atoms with Crippen LogP contribution >= 0.6 is 0 Å². The third kappa shape index (κ3) is 4.33. The molecule has 2 amide bonds. The smallest absolute Gasteiger partial charge is 0.320 e. The standard InChI is InChI=1S/C13H24N2O5S/c1-5-13(2,3)14(4)12(18)15-6-7-21(19,20)9-10(15)8-11(16)17/h10H,5-9H2,1-4H3,(H,16,17). The summed E-state index contributed by atoms with van der Waals surface area (Å²) in [5.74, 6) is -1.51. The van der Waals surface area contributed by atoms with Crippen LogP contribution in [0.1, 0.15) is 33.6 Å². The van der Waals surface area contributed by atoms with Crippen LogP contribution in [0, 0.1) is 0 Å². The maximum absolute atomic E-state index is 12.6. The molecule has 0 bridgehead atoms. The number of urea groups is 1. The molecule has 1 aliphatic heterocycles. The summed E-state index contributed by atoms with van der Waals surface area (Å²) in [5, 5.41) is 8.93. The summed E-state index contributed by atoms with van der Waals surface area (Å²) in [7, 11) is -1.63. The Morgan fingerprint density at radius 1 is 1.38 bits per heavy atom. The molecule has 0 spiro atoms. The SMILES string of the molecule is CCC(C)(C)N(C)C(=O)N1CCS(=O)(=O)CC1CC(=O)O. The van der Waals surface area contributed by atoms with Crippen molar-refractivity contribution in [2.24, 2.45) is 0 Å². The molecule has 21 heavy (non-hydrogen) atoms. The molecule has 1 N–H and O–H groups in total. The Labute approximate surface area is 125 Å². The molecule has 1 fully saturated rings. The molecule has 1 aliphatic rings. The fraction of sp³-hybridized carbons (Fsp3) is 0.846. The monoisotopic (exact) mass is 320 g/mol. The van der Waals surface area contributed by atoms with Crippen molar-refractivity contribution >= 4 is 21.8 Å². The molecule has 7 nitrogen and oxygen atoms in total. The molecule has 0 aliphatic carbocycles. The van der Waals surface area contributed by atoms with Gasteiger partial charge in [0, 0.05) is 19.1 Å². The van der Waals surface area contributed by atoms with Gasteiger partial charge in [-0.05, 0) is 20.3 Å². The Morgan fingerprint density at radius 3 is 2.43 bits per heavy atom. The van der Waals surface area contributed by atoms with Gasteiger partial charge in [0.2, 0.25) is 0 Å². The van der Waals surface area contributed by atoms with Gasteiger partial charge in [0.05, 0.1) is 24.0 Å². The first-order chi connectivity index (χ1) is 9.50. The number of carboxylic acids is 1. The van der Waals surface area contributed by atoms with E-state index >= 15 is 0 Å². The molecule has 1 atom stereocenters. The van der Waals surface area contributed by atoms with Crippen LogP contribution in [0.2, 0.25) is 0 Å². The minimum atomic E-state index is -3.29. The van der Waals surface area contributed by atoms with E-state index in [1.165, 1.54) is 4.90 Å². The molecule has 1 unspecified atom stereocenters. The molecule has 0 aromatic rings. The second-order valence-electron chi connectivity index (χ2n) is 6.07. The lowest BCUT2D eigenvalue weighted by Gasteiger charge is -2.42. The van der Waals surface area contributed by atoms with Crippen molar-refractivity contribution in [3.63, 3.8) is 0 Å². The van der Waals surface area contributed by atoms with Crippen LogP contribution in [-0.2, 0) is 14.6 Å². The maximum atomic E-state index is 12.6. The molecular weight excluding hydrogens is 296 g/mol. The predicted molar refractivity (Wildman–Crippen MR) is 78.9 cm³/mol. The lowest BCUT2D eigenvalue weighted by atomic mass is 10.0. The zero-order valence-electron chi connectivity index (χ0n) is 13.0. The summed E-state index contributed by atoms with van der Waals surface area (Å²) >= 11 is 0. The highest BCUT2D eigenvalue weighted by Crippen LogP contribution is 2.22. The summed E-state index contributed by atoms with van der Waals surface area (Å²) in [4.78, 5) is 26.4. The highest BCUT2D eigenvalue weighted by Gasteiger charge is 2.38. The van der Waals surface area contributed by atoms with Gasteiger partial charge in [0.25, 0.3) is 0 Å². The van der Waals surface area contributed by atoms with E-state index in [9.17, 15) is 18.0 Å². The van der Waals surface area contributed by atoms with Gasteiger partial charge in [-0.15, -0.1) is 0 Å². The van der Waals surface area contributed by atoms with Crippen LogP contribution in [0.15, 0.2) is 0 Å². The lowest BCUT2D eigenvalue weighted by Crippen LogP contribution is -2.58. The van der Waals surface area contributed by atoms with Gasteiger partial charge in [-0.25, -0.2) is 13.2 Å². The second-order valence-corrected chi connectivity index (χ2v) is 8.30. The summed E-state index contributed by atoms with van der Waals surface area (Å²) in [6.45, 7) is 5.83. The number of hydrogen-bond donors (Lipinski definition) is 1. The lowest BCUT2D eigenvalue weighted by molar-refractivity contribution is -0.138. The van der Waals surface area contributed by atoms with Crippen LogP contribution in [0.5, 0.6) is 0 Å². The number of amides is 2. The molecule has 0 aromatic heterocycles.